The van der Waals surface area contributed by atoms with Gasteiger partial charge in [0.15, 0.2) is 0 Å². The van der Waals surface area contributed by atoms with Crippen molar-refractivity contribution >= 4 is 17.3 Å². The van der Waals surface area contributed by atoms with Crippen LogP contribution in [0.5, 0.6) is 0 Å². The summed E-state index contributed by atoms with van der Waals surface area (Å²) in [5.41, 5.74) is 8.04. The van der Waals surface area contributed by atoms with Gasteiger partial charge in [-0.15, -0.1) is 0 Å². The smallest absolute Gasteiger partial charge is 0.338 e. The molecule has 0 bridgehead atoms. The van der Waals surface area contributed by atoms with Crippen LogP contribution in [0.15, 0.2) is 18.2 Å². The first kappa shape index (κ1) is 12.7. The van der Waals surface area contributed by atoms with E-state index in [-0.39, 0.29) is 5.97 Å². The Bertz CT molecular complexity index is 428. The molecule has 1 saturated heterocycles. The number of anilines is 2. The van der Waals surface area contributed by atoms with E-state index in [1.165, 1.54) is 0 Å². The SMILES string of the molecule is CCOC(=O)c1ccc(N2CCOCC2)c(N)c1. The quantitative estimate of drug-likeness (QED) is 0.646. The molecule has 98 valence electrons. The van der Waals surface area contributed by atoms with Crippen molar-refractivity contribution in [3.05, 3.63) is 23.8 Å². The van der Waals surface area contributed by atoms with Gasteiger partial charge in [0.1, 0.15) is 0 Å². The van der Waals surface area contributed by atoms with Crippen molar-refractivity contribution in [3.8, 4) is 0 Å². The van der Waals surface area contributed by atoms with Gasteiger partial charge in [-0.05, 0) is 25.1 Å². The van der Waals surface area contributed by atoms with Crippen molar-refractivity contribution in [1.82, 2.24) is 0 Å². The lowest BCUT2D eigenvalue weighted by atomic mass is 10.1. The molecule has 5 nitrogen and oxygen atoms in total. The molecule has 0 spiro atoms. The molecule has 1 aliphatic rings. The molecule has 1 fully saturated rings. The van der Waals surface area contributed by atoms with Gasteiger partial charge in [0.2, 0.25) is 0 Å². The summed E-state index contributed by atoms with van der Waals surface area (Å²) in [5, 5.41) is 0. The van der Waals surface area contributed by atoms with E-state index in [1.807, 2.05) is 6.07 Å². The molecule has 0 aliphatic carbocycles. The fourth-order valence-corrected chi connectivity index (χ4v) is 1.99. The van der Waals surface area contributed by atoms with Crippen LogP contribution >= 0.6 is 0 Å². The molecular weight excluding hydrogens is 232 g/mol. The lowest BCUT2D eigenvalue weighted by Gasteiger charge is -2.29. The number of rotatable bonds is 3. The summed E-state index contributed by atoms with van der Waals surface area (Å²) in [5.74, 6) is -0.335. The Morgan fingerprint density at radius 1 is 1.44 bits per heavy atom. The van der Waals surface area contributed by atoms with Crippen molar-refractivity contribution in [1.29, 1.82) is 0 Å². The highest BCUT2D eigenvalue weighted by Crippen LogP contribution is 2.25. The second kappa shape index (κ2) is 5.73. The third kappa shape index (κ3) is 2.73. The Hall–Kier alpha value is -1.75. The molecule has 0 unspecified atom stereocenters. The van der Waals surface area contributed by atoms with E-state index in [9.17, 15) is 4.79 Å². The van der Waals surface area contributed by atoms with Crippen molar-refractivity contribution in [3.63, 3.8) is 0 Å². The number of hydrogen-bond donors (Lipinski definition) is 1. The number of ether oxygens (including phenoxy) is 2. The first-order chi connectivity index (χ1) is 8.72. The molecule has 1 aromatic rings. The fraction of sp³-hybridized carbons (Fsp3) is 0.462. The minimum absolute atomic E-state index is 0.335. The normalized spacial score (nSPS) is 15.5. The minimum Gasteiger partial charge on any atom is -0.462 e. The number of nitrogen functional groups attached to an aromatic ring is 1. The second-order valence-electron chi connectivity index (χ2n) is 4.09. The van der Waals surface area contributed by atoms with Gasteiger partial charge >= 0.3 is 5.97 Å². The largest absolute Gasteiger partial charge is 0.462 e. The van der Waals surface area contributed by atoms with Crippen molar-refractivity contribution in [2.24, 2.45) is 0 Å². The van der Waals surface area contributed by atoms with Crippen LogP contribution in [-0.4, -0.2) is 38.9 Å². The van der Waals surface area contributed by atoms with Crippen LogP contribution in [0.3, 0.4) is 0 Å². The lowest BCUT2D eigenvalue weighted by Crippen LogP contribution is -2.36. The monoisotopic (exact) mass is 250 g/mol. The molecule has 1 aliphatic heterocycles. The minimum atomic E-state index is -0.335. The van der Waals surface area contributed by atoms with Gasteiger partial charge in [-0.2, -0.15) is 0 Å². The topological polar surface area (TPSA) is 64.8 Å². The van der Waals surface area contributed by atoms with Crippen LogP contribution < -0.4 is 10.6 Å². The molecule has 2 N–H and O–H groups in total. The summed E-state index contributed by atoms with van der Waals surface area (Å²) in [6.45, 7) is 5.21. The van der Waals surface area contributed by atoms with Gasteiger partial charge in [0, 0.05) is 13.1 Å². The Morgan fingerprint density at radius 2 is 2.17 bits per heavy atom. The van der Waals surface area contributed by atoms with Crippen molar-refractivity contribution in [2.45, 2.75) is 6.92 Å². The van der Waals surface area contributed by atoms with Crippen LogP contribution in [0, 0.1) is 0 Å². The van der Waals surface area contributed by atoms with Crippen molar-refractivity contribution in [2.75, 3.05) is 43.5 Å². The van der Waals surface area contributed by atoms with E-state index in [0.29, 0.717) is 31.1 Å². The van der Waals surface area contributed by atoms with E-state index < -0.39 is 0 Å². The average molecular weight is 250 g/mol. The average Bonchev–Trinajstić information content (AvgIpc) is 2.40. The van der Waals surface area contributed by atoms with Gasteiger partial charge < -0.3 is 20.1 Å². The maximum absolute atomic E-state index is 11.6. The van der Waals surface area contributed by atoms with Crippen molar-refractivity contribution < 1.29 is 14.3 Å². The zero-order valence-electron chi connectivity index (χ0n) is 10.5. The Balaban J connectivity index is 2.16. The molecule has 2 rings (SSSR count). The number of carbonyl (C=O) groups is 1. The van der Waals surface area contributed by atoms with Gasteiger partial charge in [-0.25, -0.2) is 4.79 Å². The van der Waals surface area contributed by atoms with E-state index in [1.54, 1.807) is 19.1 Å². The standard InChI is InChI=1S/C13H18N2O3/c1-2-18-13(16)10-3-4-12(11(14)9-10)15-5-7-17-8-6-15/h3-4,9H,2,5-8,14H2,1H3. The first-order valence-corrected chi connectivity index (χ1v) is 6.11. The third-order valence-electron chi connectivity index (χ3n) is 2.89. The van der Waals surface area contributed by atoms with Crippen LogP contribution in [0.1, 0.15) is 17.3 Å². The summed E-state index contributed by atoms with van der Waals surface area (Å²) in [6, 6.07) is 5.29. The highest BCUT2D eigenvalue weighted by Gasteiger charge is 2.15. The molecule has 0 saturated carbocycles. The Kier molecular flexibility index (Phi) is 4.04. The summed E-state index contributed by atoms with van der Waals surface area (Å²) < 4.78 is 10.2. The van der Waals surface area contributed by atoms with Gasteiger partial charge in [0.25, 0.3) is 0 Å². The molecular formula is C13H18N2O3. The van der Waals surface area contributed by atoms with Crippen LogP contribution in [0.2, 0.25) is 0 Å². The number of carbonyl (C=O) groups excluding carboxylic acids is 1. The fourth-order valence-electron chi connectivity index (χ4n) is 1.99. The van der Waals surface area contributed by atoms with Gasteiger partial charge in [-0.3, -0.25) is 0 Å². The highest BCUT2D eigenvalue weighted by molar-refractivity contribution is 5.92. The molecule has 5 heteroatoms. The molecule has 1 heterocycles. The molecule has 18 heavy (non-hydrogen) atoms. The molecule has 0 amide bonds. The molecule has 0 radical (unpaired) electrons. The number of benzene rings is 1. The summed E-state index contributed by atoms with van der Waals surface area (Å²) in [4.78, 5) is 13.7. The highest BCUT2D eigenvalue weighted by atomic mass is 16.5. The predicted octanol–water partition coefficient (Wildman–Crippen LogP) is 1.28. The predicted molar refractivity (Wildman–Crippen MR) is 69.8 cm³/mol. The summed E-state index contributed by atoms with van der Waals surface area (Å²) in [7, 11) is 0. The van der Waals surface area contributed by atoms with E-state index in [2.05, 4.69) is 4.90 Å². The van der Waals surface area contributed by atoms with Gasteiger partial charge in [0.05, 0.1) is 36.8 Å². The zero-order valence-corrected chi connectivity index (χ0v) is 10.5. The molecule has 1 aromatic carbocycles. The summed E-state index contributed by atoms with van der Waals surface area (Å²) >= 11 is 0. The number of hydrogen-bond acceptors (Lipinski definition) is 5. The lowest BCUT2D eigenvalue weighted by molar-refractivity contribution is 0.0526. The number of nitrogens with zero attached hydrogens (tertiary/aromatic N) is 1. The number of morpholine rings is 1. The van der Waals surface area contributed by atoms with Crippen LogP contribution in [0.25, 0.3) is 0 Å². The first-order valence-electron chi connectivity index (χ1n) is 6.11. The van der Waals surface area contributed by atoms with E-state index in [0.717, 1.165) is 18.8 Å². The van der Waals surface area contributed by atoms with E-state index >= 15 is 0 Å². The van der Waals surface area contributed by atoms with Gasteiger partial charge in [-0.1, -0.05) is 0 Å². The Labute approximate surface area is 106 Å². The third-order valence-corrected chi connectivity index (χ3v) is 2.89. The van der Waals surface area contributed by atoms with Crippen LogP contribution in [-0.2, 0) is 9.47 Å². The zero-order chi connectivity index (χ0) is 13.0. The van der Waals surface area contributed by atoms with Crippen LogP contribution in [0.4, 0.5) is 11.4 Å². The maximum Gasteiger partial charge on any atom is 0.338 e. The Morgan fingerprint density at radius 3 is 2.78 bits per heavy atom. The van der Waals surface area contributed by atoms with E-state index in [4.69, 9.17) is 15.2 Å². The summed E-state index contributed by atoms with van der Waals surface area (Å²) in [6.07, 6.45) is 0. The molecule has 0 aromatic heterocycles. The number of esters is 1. The molecule has 0 atom stereocenters. The second-order valence-corrected chi connectivity index (χ2v) is 4.09. The number of nitrogens with two attached hydrogens (primary N) is 1. The maximum atomic E-state index is 11.6.